The zero-order valence-corrected chi connectivity index (χ0v) is 12.8. The van der Waals surface area contributed by atoms with E-state index in [0.717, 1.165) is 18.2 Å². The highest BCUT2D eigenvalue weighted by Crippen LogP contribution is 2.09. The average molecular weight is 270 g/mol. The van der Waals surface area contributed by atoms with Crippen LogP contribution in [0, 0.1) is 0 Å². The van der Waals surface area contributed by atoms with Crippen LogP contribution in [0.4, 0.5) is 0 Å². The first-order valence-corrected chi connectivity index (χ1v) is 7.84. The van der Waals surface area contributed by atoms with Crippen molar-refractivity contribution in [3.63, 3.8) is 0 Å². The van der Waals surface area contributed by atoms with Crippen LogP contribution in [0.15, 0.2) is 12.7 Å². The van der Waals surface area contributed by atoms with Gasteiger partial charge in [-0.15, -0.1) is 6.58 Å². The number of rotatable bonds is 12. The van der Waals surface area contributed by atoms with Crippen LogP contribution in [0.5, 0.6) is 0 Å². The fourth-order valence-electron chi connectivity index (χ4n) is 1.86. The lowest BCUT2D eigenvalue weighted by Crippen LogP contribution is -2.35. The summed E-state index contributed by atoms with van der Waals surface area (Å²) in [6.45, 7) is 7.63. The highest BCUT2D eigenvalue weighted by Gasteiger charge is 1.94. The van der Waals surface area contributed by atoms with E-state index in [1.807, 2.05) is 6.08 Å². The molecule has 0 saturated heterocycles. The molecule has 0 bridgehead atoms. The van der Waals surface area contributed by atoms with E-state index in [4.69, 9.17) is 12.2 Å². The van der Waals surface area contributed by atoms with Gasteiger partial charge in [0.15, 0.2) is 5.11 Å². The minimum atomic E-state index is 0.740. The summed E-state index contributed by atoms with van der Waals surface area (Å²) in [6, 6.07) is 0. The van der Waals surface area contributed by atoms with Crippen molar-refractivity contribution in [3.05, 3.63) is 12.7 Å². The van der Waals surface area contributed by atoms with Crippen molar-refractivity contribution in [2.45, 2.75) is 64.7 Å². The van der Waals surface area contributed by atoms with Crippen molar-refractivity contribution in [2.24, 2.45) is 0 Å². The molecule has 0 unspecified atom stereocenters. The summed E-state index contributed by atoms with van der Waals surface area (Å²) in [5.74, 6) is 0. The second-order valence-electron chi connectivity index (χ2n) is 4.75. The van der Waals surface area contributed by atoms with Crippen LogP contribution in [0.1, 0.15) is 64.7 Å². The van der Waals surface area contributed by atoms with Crippen LogP contribution in [0.3, 0.4) is 0 Å². The highest BCUT2D eigenvalue weighted by atomic mass is 32.1. The maximum Gasteiger partial charge on any atom is 0.166 e. The van der Waals surface area contributed by atoms with Crippen LogP contribution in [-0.4, -0.2) is 18.2 Å². The number of hydrogen-bond donors (Lipinski definition) is 2. The molecular weight excluding hydrogens is 240 g/mol. The summed E-state index contributed by atoms with van der Waals surface area (Å²) in [6.07, 6.45) is 14.1. The minimum absolute atomic E-state index is 0.740. The molecule has 0 amide bonds. The third-order valence-electron chi connectivity index (χ3n) is 2.97. The predicted molar refractivity (Wildman–Crippen MR) is 86.0 cm³/mol. The quantitative estimate of drug-likeness (QED) is 0.316. The van der Waals surface area contributed by atoms with Gasteiger partial charge < -0.3 is 10.6 Å². The fraction of sp³-hybridized carbons (Fsp3) is 0.800. The van der Waals surface area contributed by atoms with Crippen LogP contribution in [0.25, 0.3) is 0 Å². The Balaban J connectivity index is 3.06. The Bertz CT molecular complexity index is 205. The second-order valence-corrected chi connectivity index (χ2v) is 5.16. The fourth-order valence-corrected chi connectivity index (χ4v) is 2.05. The minimum Gasteiger partial charge on any atom is -0.363 e. The molecule has 0 spiro atoms. The summed E-state index contributed by atoms with van der Waals surface area (Å²) in [5.41, 5.74) is 0. The normalized spacial score (nSPS) is 10.1. The Kier molecular flexibility index (Phi) is 14.0. The summed E-state index contributed by atoms with van der Waals surface area (Å²) in [5, 5.41) is 7.02. The monoisotopic (exact) mass is 270 g/mol. The molecule has 18 heavy (non-hydrogen) atoms. The molecule has 0 fully saturated rings. The van der Waals surface area contributed by atoms with E-state index < -0.39 is 0 Å². The van der Waals surface area contributed by atoms with E-state index in [-0.39, 0.29) is 0 Å². The molecule has 0 saturated carbocycles. The van der Waals surface area contributed by atoms with E-state index in [1.54, 1.807) is 0 Å². The molecule has 2 nitrogen and oxygen atoms in total. The van der Waals surface area contributed by atoms with E-state index in [2.05, 4.69) is 24.1 Å². The van der Waals surface area contributed by atoms with Gasteiger partial charge in [-0.05, 0) is 18.6 Å². The second kappa shape index (κ2) is 14.5. The number of thiocarbonyl (C=S) groups is 1. The number of nitrogens with one attached hydrogen (secondary N) is 2. The van der Waals surface area contributed by atoms with Gasteiger partial charge in [-0.25, -0.2) is 0 Å². The lowest BCUT2D eigenvalue weighted by molar-refractivity contribution is 0.562. The molecule has 0 rings (SSSR count). The van der Waals surface area contributed by atoms with Gasteiger partial charge in [-0.1, -0.05) is 64.4 Å². The van der Waals surface area contributed by atoms with Gasteiger partial charge in [0.2, 0.25) is 0 Å². The van der Waals surface area contributed by atoms with E-state index in [0.29, 0.717) is 0 Å². The van der Waals surface area contributed by atoms with Crippen LogP contribution >= 0.6 is 12.2 Å². The van der Waals surface area contributed by atoms with Gasteiger partial charge in [0.1, 0.15) is 0 Å². The summed E-state index contributed by atoms with van der Waals surface area (Å²) in [7, 11) is 0. The molecule has 0 aromatic rings. The van der Waals surface area contributed by atoms with Gasteiger partial charge in [-0.2, -0.15) is 0 Å². The molecule has 0 atom stereocenters. The zero-order valence-electron chi connectivity index (χ0n) is 12.0. The lowest BCUT2D eigenvalue weighted by atomic mass is 10.1. The lowest BCUT2D eigenvalue weighted by Gasteiger charge is -2.08. The SMILES string of the molecule is C=CCNC(=S)NCCCCCCCCCCC. The summed E-state index contributed by atoms with van der Waals surface area (Å²) >= 11 is 5.11. The smallest absolute Gasteiger partial charge is 0.166 e. The zero-order chi connectivity index (χ0) is 13.5. The standard InChI is InChI=1S/C15H30N2S/c1-3-5-6-7-8-9-10-11-12-14-17-15(18)16-13-4-2/h4H,2-3,5-14H2,1H3,(H2,16,17,18). The summed E-state index contributed by atoms with van der Waals surface area (Å²) < 4.78 is 0. The Hall–Kier alpha value is -0.570. The molecule has 0 aromatic heterocycles. The topological polar surface area (TPSA) is 24.1 Å². The van der Waals surface area contributed by atoms with E-state index in [9.17, 15) is 0 Å². The van der Waals surface area contributed by atoms with Crippen LogP contribution in [0.2, 0.25) is 0 Å². The van der Waals surface area contributed by atoms with Gasteiger partial charge >= 0.3 is 0 Å². The number of unbranched alkanes of at least 4 members (excludes halogenated alkanes) is 8. The Morgan fingerprint density at radius 2 is 1.50 bits per heavy atom. The highest BCUT2D eigenvalue weighted by molar-refractivity contribution is 7.80. The van der Waals surface area contributed by atoms with Crippen molar-refractivity contribution in [1.82, 2.24) is 10.6 Å². The maximum absolute atomic E-state index is 5.11. The third kappa shape index (κ3) is 13.5. The first-order chi connectivity index (χ1) is 8.81. The molecular formula is C15H30N2S. The molecule has 0 heterocycles. The average Bonchev–Trinajstić information content (AvgIpc) is 2.38. The van der Waals surface area contributed by atoms with E-state index in [1.165, 1.54) is 57.8 Å². The molecule has 0 aliphatic carbocycles. The summed E-state index contributed by atoms with van der Waals surface area (Å²) in [4.78, 5) is 0. The van der Waals surface area contributed by atoms with Crippen molar-refractivity contribution in [3.8, 4) is 0 Å². The largest absolute Gasteiger partial charge is 0.363 e. The van der Waals surface area contributed by atoms with Gasteiger partial charge in [0.05, 0.1) is 0 Å². The molecule has 0 aromatic carbocycles. The van der Waals surface area contributed by atoms with Crippen LogP contribution in [-0.2, 0) is 0 Å². The molecule has 0 radical (unpaired) electrons. The van der Waals surface area contributed by atoms with E-state index >= 15 is 0 Å². The van der Waals surface area contributed by atoms with Crippen molar-refractivity contribution >= 4 is 17.3 Å². The Labute approximate surface area is 119 Å². The van der Waals surface area contributed by atoms with Crippen molar-refractivity contribution in [2.75, 3.05) is 13.1 Å². The van der Waals surface area contributed by atoms with Gasteiger partial charge in [-0.3, -0.25) is 0 Å². The van der Waals surface area contributed by atoms with Crippen molar-refractivity contribution in [1.29, 1.82) is 0 Å². The first kappa shape index (κ1) is 17.4. The molecule has 0 aliphatic heterocycles. The maximum atomic E-state index is 5.11. The van der Waals surface area contributed by atoms with Gasteiger partial charge in [0, 0.05) is 13.1 Å². The predicted octanol–water partition coefficient (Wildman–Crippen LogP) is 4.17. The Morgan fingerprint density at radius 1 is 0.944 bits per heavy atom. The van der Waals surface area contributed by atoms with Crippen LogP contribution < -0.4 is 10.6 Å². The number of hydrogen-bond acceptors (Lipinski definition) is 1. The molecule has 0 aliphatic rings. The molecule has 106 valence electrons. The third-order valence-corrected chi connectivity index (χ3v) is 3.26. The first-order valence-electron chi connectivity index (χ1n) is 7.43. The Morgan fingerprint density at radius 3 is 2.06 bits per heavy atom. The molecule has 3 heteroatoms. The van der Waals surface area contributed by atoms with Crippen molar-refractivity contribution < 1.29 is 0 Å². The molecule has 2 N–H and O–H groups in total. The van der Waals surface area contributed by atoms with Gasteiger partial charge in [0.25, 0.3) is 0 Å².